The predicted molar refractivity (Wildman–Crippen MR) is 3.32 cm³/mol. The molecule has 0 unspecified atom stereocenters. The van der Waals surface area contributed by atoms with Gasteiger partial charge in [-0.1, -0.05) is 0 Å². The maximum Gasteiger partial charge on any atom is 0 e. The smallest absolute Gasteiger partial charge is 0 e. The first-order valence-corrected chi connectivity index (χ1v) is 4.86. The predicted octanol–water partition coefficient (Wildman–Crippen LogP) is 1.26. The van der Waals surface area contributed by atoms with Crippen molar-refractivity contribution in [3.05, 3.63) is 0 Å². The van der Waals surface area contributed by atoms with E-state index in [4.69, 9.17) is 0 Å². The Kier molecular flexibility index (Phi) is 13.6. The molecular weight excluding hydrogens is 342 g/mol. The first-order valence-electron chi connectivity index (χ1n) is 0.655. The maximum atomic E-state index is 9.89. The standard InChI is InChI=1S/3FH.Nd.Pr/h3*1H;;/q;;;;+3/p-3. The number of rotatable bonds is 0. The van der Waals surface area contributed by atoms with Gasteiger partial charge in [0.1, 0.15) is 0 Å². The number of halogens is 3. The molecule has 0 amide bonds. The number of hydrogen-bond acceptors (Lipinski definition) is 0. The molecule has 0 aromatic rings. The van der Waals surface area contributed by atoms with Crippen LogP contribution in [0.15, 0.2) is 0 Å². The molecule has 0 fully saturated rings. The van der Waals surface area contributed by atoms with Crippen LogP contribution in [0.25, 0.3) is 0 Å². The normalized spacial score (nSPS) is 5.40. The largest absolute Gasteiger partial charge is 0 e. The second-order valence-electron chi connectivity index (χ2n) is 0.247. The molecule has 0 spiro atoms. The molecule has 0 atom stereocenters. The van der Waals surface area contributed by atoms with Crippen molar-refractivity contribution in [3.63, 3.8) is 0 Å². The van der Waals surface area contributed by atoms with E-state index < -0.39 is 37.5 Å². The van der Waals surface area contributed by atoms with Crippen LogP contribution in [0.2, 0.25) is 0 Å². The summed E-state index contributed by atoms with van der Waals surface area (Å²) in [6.07, 6.45) is 0. The fourth-order valence-corrected chi connectivity index (χ4v) is 0. The second-order valence-corrected chi connectivity index (χ2v) is 1.84. The Hall–Kier alpha value is 2.50. The molecule has 0 saturated carbocycles. The molecule has 5 heavy (non-hydrogen) atoms. The molecule has 0 N–H and O–H groups in total. The Morgan fingerprint density at radius 2 is 1.00 bits per heavy atom. The van der Waals surface area contributed by atoms with E-state index in [-0.39, 0.29) is 40.8 Å². The average Bonchev–Trinajstić information content (AvgIpc) is 0.811. The van der Waals surface area contributed by atoms with Gasteiger partial charge in [-0.3, -0.25) is 0 Å². The van der Waals surface area contributed by atoms with Crippen LogP contribution in [0.5, 0.6) is 0 Å². The monoisotopic (exact) mass is 340 g/mol. The molecule has 0 radical (unpaired) electrons. The summed E-state index contributed by atoms with van der Waals surface area (Å²) in [5, 5.41) is 0. The molecule has 28 valence electrons. The SMILES string of the molecule is [F][Pr]([F])[F].[Nd]. The summed E-state index contributed by atoms with van der Waals surface area (Å²) in [6, 6.07) is 0. The third kappa shape index (κ3) is 21.0. The molecule has 0 aliphatic heterocycles. The van der Waals surface area contributed by atoms with Crippen LogP contribution in [0, 0.1) is 78.4 Å². The van der Waals surface area contributed by atoms with Crippen molar-refractivity contribution in [2.75, 3.05) is 0 Å². The molecule has 0 aliphatic carbocycles. The molecule has 0 heterocycles. The summed E-state index contributed by atoms with van der Waals surface area (Å²) in [5.41, 5.74) is 0. The van der Waals surface area contributed by atoms with Gasteiger partial charge in [0.05, 0.1) is 0 Å². The zero-order chi connectivity index (χ0) is 3.58. The molecular formula is F3NdPr. The van der Waals surface area contributed by atoms with E-state index in [2.05, 4.69) is 0 Å². The Morgan fingerprint density at radius 1 is 1.00 bits per heavy atom. The summed E-state index contributed by atoms with van der Waals surface area (Å²) < 4.78 is 29.7. The van der Waals surface area contributed by atoms with E-state index >= 15 is 0 Å². The summed E-state index contributed by atoms with van der Waals surface area (Å²) >= 11 is -5.22. The fraction of sp³-hybridized carbons (Fsp3) is 0. The Labute approximate surface area is 79.0 Å². The van der Waals surface area contributed by atoms with E-state index in [0.717, 1.165) is 0 Å². The van der Waals surface area contributed by atoms with Crippen molar-refractivity contribution in [1.29, 1.82) is 0 Å². The van der Waals surface area contributed by atoms with Crippen LogP contribution in [0.4, 0.5) is 2.88 Å². The first kappa shape index (κ1) is 10.5. The minimum Gasteiger partial charge on any atom is 0 e. The van der Waals surface area contributed by atoms with Crippen molar-refractivity contribution in [1.82, 2.24) is 0 Å². The molecule has 0 bridgehead atoms. The van der Waals surface area contributed by atoms with Gasteiger partial charge < -0.3 is 0 Å². The second kappa shape index (κ2) is 6.50. The molecule has 0 nitrogen and oxygen atoms in total. The topological polar surface area (TPSA) is 0 Å². The Morgan fingerprint density at radius 3 is 1.00 bits per heavy atom. The molecule has 5 heteroatoms. The summed E-state index contributed by atoms with van der Waals surface area (Å²) in [5.74, 6) is 0. The van der Waals surface area contributed by atoms with Crippen molar-refractivity contribution < 1.29 is 81.2 Å². The van der Waals surface area contributed by atoms with Gasteiger partial charge in [0.25, 0.3) is 0 Å². The van der Waals surface area contributed by atoms with E-state index in [1.54, 1.807) is 0 Å². The molecule has 0 aromatic heterocycles. The van der Waals surface area contributed by atoms with Gasteiger partial charge in [-0.05, 0) is 0 Å². The van der Waals surface area contributed by atoms with Crippen molar-refractivity contribution in [3.8, 4) is 0 Å². The van der Waals surface area contributed by atoms with Gasteiger partial charge in [-0.2, -0.15) is 0 Å². The third-order valence-corrected chi connectivity index (χ3v) is 0. The zero-order valence-electron chi connectivity index (χ0n) is 2.21. The molecule has 0 aliphatic rings. The van der Waals surface area contributed by atoms with E-state index in [1.807, 2.05) is 0 Å². The van der Waals surface area contributed by atoms with E-state index in [1.165, 1.54) is 0 Å². The first-order chi connectivity index (χ1) is 1.73. The van der Waals surface area contributed by atoms with Gasteiger partial charge in [-0.25, -0.2) is 0 Å². The molecule has 0 rings (SSSR count). The zero-order valence-corrected chi connectivity index (χ0v) is 9.12. The summed E-state index contributed by atoms with van der Waals surface area (Å²) in [7, 11) is 0. The van der Waals surface area contributed by atoms with Crippen LogP contribution < -0.4 is 0 Å². The van der Waals surface area contributed by atoms with Crippen molar-refractivity contribution in [2.45, 2.75) is 0 Å². The van der Waals surface area contributed by atoms with Crippen LogP contribution in [0.3, 0.4) is 0 Å². The van der Waals surface area contributed by atoms with E-state index in [9.17, 15) is 2.88 Å². The summed E-state index contributed by atoms with van der Waals surface area (Å²) in [4.78, 5) is 0. The number of hydrogen-bond donors (Lipinski definition) is 0. The van der Waals surface area contributed by atoms with Crippen LogP contribution in [-0.2, 0) is 0 Å². The average molecular weight is 342 g/mol. The van der Waals surface area contributed by atoms with Gasteiger partial charge in [0.2, 0.25) is 0 Å². The van der Waals surface area contributed by atoms with Crippen LogP contribution in [-0.4, -0.2) is 0 Å². The van der Waals surface area contributed by atoms with Crippen molar-refractivity contribution in [2.24, 2.45) is 0 Å². The van der Waals surface area contributed by atoms with Gasteiger partial charge in [-0.15, -0.1) is 0 Å². The Bertz CT molecular complexity index is 11.6. The van der Waals surface area contributed by atoms with Gasteiger partial charge in [0, 0.05) is 40.8 Å². The minimum absolute atomic E-state index is 0. The summed E-state index contributed by atoms with van der Waals surface area (Å²) in [6.45, 7) is 0. The quantitative estimate of drug-likeness (QED) is 0.622. The van der Waals surface area contributed by atoms with Gasteiger partial charge in [0.15, 0.2) is 0 Å². The van der Waals surface area contributed by atoms with Crippen LogP contribution in [0.1, 0.15) is 0 Å². The Balaban J connectivity index is 0. The van der Waals surface area contributed by atoms with Crippen LogP contribution >= 0.6 is 0 Å². The molecule has 0 aromatic carbocycles. The third-order valence-electron chi connectivity index (χ3n) is 0. The molecule has 0 saturated heterocycles. The van der Waals surface area contributed by atoms with Crippen molar-refractivity contribution >= 4 is 0 Å². The minimum atomic E-state index is -5.22. The van der Waals surface area contributed by atoms with E-state index in [0.29, 0.717) is 0 Å². The maximum absolute atomic E-state index is 9.89. The fourth-order valence-electron chi connectivity index (χ4n) is 0. The van der Waals surface area contributed by atoms with Gasteiger partial charge >= 0.3 is 40.4 Å².